The largest absolute Gasteiger partial charge is 0.494 e. The van der Waals surface area contributed by atoms with E-state index in [-0.39, 0.29) is 37.3 Å². The molecule has 310 valence electrons. The van der Waals surface area contributed by atoms with E-state index < -0.39 is 102 Å². The van der Waals surface area contributed by atoms with Gasteiger partial charge in [0.25, 0.3) is 0 Å². The van der Waals surface area contributed by atoms with Gasteiger partial charge < -0.3 is 52.2 Å². The summed E-state index contributed by atoms with van der Waals surface area (Å²) < 4.78 is 5.51. The number of nitrogens with two attached hydrogens (primary N) is 1. The molecule has 3 rings (SSSR count). The van der Waals surface area contributed by atoms with Crippen molar-refractivity contribution < 1.29 is 53.3 Å². The molecule has 1 aromatic rings. The van der Waals surface area contributed by atoms with Gasteiger partial charge in [0.2, 0.25) is 41.4 Å². The molecule has 7 amide bonds. The standard InChI is InChI=1S/C36H53N7O11S2/c1-5-19(3)29-33(49)42-30(20(4)44)34(50)39-24(17-27(37)45)31(47)40-25(35(51)43-14-7-8-26(43)36(52)53)18-56-55-15-13-28(46)38-23(32(48)41-29)16-21-9-11-22(12-10-21)54-6-2/h9-12,19-20,23-26,29-30,44H,5-8,13-18H2,1-4H3,(H2,37,45)(H,38,46)(H,39,50)(H,40,47)(H,41,48)(H,42,49)(H,52,53)/t19-,20+,23+,24-,25-,26-,29-,30-/m0/s1. The molecule has 0 unspecified atom stereocenters. The number of carboxylic acid groups (broad SMARTS) is 1. The molecular formula is C36H53N7O11S2. The molecular weight excluding hydrogens is 771 g/mol. The van der Waals surface area contributed by atoms with Gasteiger partial charge in [-0.15, -0.1) is 0 Å². The van der Waals surface area contributed by atoms with E-state index in [1.165, 1.54) is 17.7 Å². The van der Waals surface area contributed by atoms with Crippen molar-refractivity contribution in [2.24, 2.45) is 11.7 Å². The highest BCUT2D eigenvalue weighted by molar-refractivity contribution is 8.76. The van der Waals surface area contributed by atoms with Crippen LogP contribution in [0.2, 0.25) is 0 Å². The summed E-state index contributed by atoms with van der Waals surface area (Å²) in [6.07, 6.45) is -1.23. The Morgan fingerprint density at radius 3 is 2.14 bits per heavy atom. The van der Waals surface area contributed by atoms with Crippen LogP contribution in [0, 0.1) is 5.92 Å². The number of hydrogen-bond acceptors (Lipinski definition) is 12. The van der Waals surface area contributed by atoms with Gasteiger partial charge in [-0.25, -0.2) is 4.79 Å². The number of carbonyl (C=O) groups excluding carboxylic acids is 7. The van der Waals surface area contributed by atoms with Crippen molar-refractivity contribution in [3.05, 3.63) is 29.8 Å². The molecule has 18 nitrogen and oxygen atoms in total. The molecule has 9 N–H and O–H groups in total. The molecule has 2 aliphatic rings. The topological polar surface area (TPSA) is 276 Å². The number of carbonyl (C=O) groups is 8. The van der Waals surface area contributed by atoms with Crippen LogP contribution in [0.3, 0.4) is 0 Å². The van der Waals surface area contributed by atoms with Gasteiger partial charge in [-0.3, -0.25) is 33.6 Å². The monoisotopic (exact) mass is 823 g/mol. The number of nitrogens with zero attached hydrogens (tertiary/aromatic N) is 1. The van der Waals surface area contributed by atoms with Crippen LogP contribution in [0.4, 0.5) is 0 Å². The Balaban J connectivity index is 1.99. The number of benzene rings is 1. The Kier molecular flexibility index (Phi) is 18.2. The Morgan fingerprint density at radius 1 is 0.893 bits per heavy atom. The summed E-state index contributed by atoms with van der Waals surface area (Å²) in [5.74, 6) is -6.74. The quantitative estimate of drug-likeness (QED) is 0.127. The van der Waals surface area contributed by atoms with Crippen LogP contribution >= 0.6 is 21.6 Å². The predicted octanol–water partition coefficient (Wildman–Crippen LogP) is -0.785. The average molecular weight is 824 g/mol. The van der Waals surface area contributed by atoms with Gasteiger partial charge >= 0.3 is 5.97 Å². The van der Waals surface area contributed by atoms with Gasteiger partial charge in [-0.2, -0.15) is 0 Å². The Bertz CT molecular complexity index is 1580. The Hall–Kier alpha value is -4.56. The third-order valence-corrected chi connectivity index (χ3v) is 11.8. The van der Waals surface area contributed by atoms with Crippen molar-refractivity contribution >= 4 is 68.9 Å². The second kappa shape index (κ2) is 22.2. The highest BCUT2D eigenvalue weighted by Gasteiger charge is 2.40. The molecule has 0 aromatic heterocycles. The van der Waals surface area contributed by atoms with Gasteiger partial charge in [0.15, 0.2) is 0 Å². The number of carboxylic acids is 1. The van der Waals surface area contributed by atoms with Crippen molar-refractivity contribution in [3.8, 4) is 5.75 Å². The maximum absolute atomic E-state index is 13.9. The number of likely N-dealkylation sites (tertiary alicyclic amines) is 1. The summed E-state index contributed by atoms with van der Waals surface area (Å²) in [5, 5.41) is 33.1. The highest BCUT2D eigenvalue weighted by atomic mass is 33.1. The van der Waals surface area contributed by atoms with E-state index in [2.05, 4.69) is 26.6 Å². The Labute approximate surface area is 333 Å². The van der Waals surface area contributed by atoms with Crippen LogP contribution in [-0.2, 0) is 44.8 Å². The maximum atomic E-state index is 13.9. The zero-order chi connectivity index (χ0) is 41.5. The van der Waals surface area contributed by atoms with Crippen molar-refractivity contribution in [1.29, 1.82) is 0 Å². The van der Waals surface area contributed by atoms with E-state index in [1.54, 1.807) is 38.1 Å². The summed E-state index contributed by atoms with van der Waals surface area (Å²) in [5.41, 5.74) is 6.10. The van der Waals surface area contributed by atoms with Crippen molar-refractivity contribution in [2.75, 3.05) is 24.7 Å². The number of aliphatic hydroxyl groups is 1. The molecule has 0 aliphatic carbocycles. The van der Waals surface area contributed by atoms with E-state index >= 15 is 0 Å². The minimum Gasteiger partial charge on any atom is -0.494 e. The van der Waals surface area contributed by atoms with Crippen molar-refractivity contribution in [2.45, 2.75) is 109 Å². The highest BCUT2D eigenvalue weighted by Crippen LogP contribution is 2.26. The molecule has 0 radical (unpaired) electrons. The third-order valence-electron chi connectivity index (χ3n) is 9.39. The summed E-state index contributed by atoms with van der Waals surface area (Å²) in [6, 6.07) is -1.20. The normalized spacial score (nSPS) is 26.0. The van der Waals surface area contributed by atoms with Crippen LogP contribution in [0.1, 0.15) is 65.4 Å². The van der Waals surface area contributed by atoms with E-state index in [0.717, 1.165) is 15.7 Å². The van der Waals surface area contributed by atoms with Gasteiger partial charge in [0.05, 0.1) is 19.1 Å². The molecule has 2 saturated heterocycles. The number of aliphatic hydroxyl groups excluding tert-OH is 1. The molecule has 2 heterocycles. The first-order valence-electron chi connectivity index (χ1n) is 18.5. The third kappa shape index (κ3) is 13.6. The van der Waals surface area contributed by atoms with Crippen LogP contribution < -0.4 is 37.1 Å². The van der Waals surface area contributed by atoms with E-state index in [9.17, 15) is 48.6 Å². The number of ether oxygens (including phenoxy) is 1. The number of primary amides is 1. The van der Waals surface area contributed by atoms with Gasteiger partial charge in [-0.1, -0.05) is 54.0 Å². The van der Waals surface area contributed by atoms with Crippen LogP contribution in [-0.4, -0.2) is 129 Å². The first-order valence-corrected chi connectivity index (χ1v) is 21.0. The SMILES string of the molecule is CCOc1ccc(C[C@H]2NC(=O)CCSSC[C@@H](C(=O)N3CCC[C@H]3C(=O)O)NC(=O)[C@H](CC(N)=O)NC(=O)[C@H]([C@@H](C)O)NC(=O)[C@H]([C@@H](C)CC)NC2=O)cc1. The Morgan fingerprint density at radius 2 is 1.54 bits per heavy atom. The van der Waals surface area contributed by atoms with Crippen molar-refractivity contribution in [3.63, 3.8) is 0 Å². The molecule has 1 aromatic carbocycles. The lowest BCUT2D eigenvalue weighted by Crippen LogP contribution is -2.62. The lowest BCUT2D eigenvalue weighted by molar-refractivity contribution is -0.149. The lowest BCUT2D eigenvalue weighted by Gasteiger charge is -2.30. The predicted molar refractivity (Wildman–Crippen MR) is 208 cm³/mol. The van der Waals surface area contributed by atoms with Crippen molar-refractivity contribution in [1.82, 2.24) is 31.5 Å². The summed E-state index contributed by atoms with van der Waals surface area (Å²) in [7, 11) is 2.32. The average Bonchev–Trinajstić information content (AvgIpc) is 3.65. The molecule has 20 heteroatoms. The van der Waals surface area contributed by atoms with Crippen LogP contribution in [0.15, 0.2) is 24.3 Å². The zero-order valence-corrected chi connectivity index (χ0v) is 33.5. The number of hydrogen-bond donors (Lipinski definition) is 8. The molecule has 0 spiro atoms. The van der Waals surface area contributed by atoms with E-state index in [4.69, 9.17) is 10.5 Å². The smallest absolute Gasteiger partial charge is 0.326 e. The van der Waals surface area contributed by atoms with Crippen LogP contribution in [0.25, 0.3) is 0 Å². The minimum atomic E-state index is -1.69. The minimum absolute atomic E-state index is 0.0536. The van der Waals surface area contributed by atoms with Gasteiger partial charge in [0.1, 0.15) is 42.0 Å². The molecule has 2 fully saturated rings. The lowest BCUT2D eigenvalue weighted by atomic mass is 9.96. The molecule has 2 aliphatic heterocycles. The fourth-order valence-electron chi connectivity index (χ4n) is 6.12. The van der Waals surface area contributed by atoms with Gasteiger partial charge in [0, 0.05) is 30.9 Å². The summed E-state index contributed by atoms with van der Waals surface area (Å²) >= 11 is 0. The first kappa shape index (κ1) is 45.8. The second-order valence-electron chi connectivity index (χ2n) is 13.7. The molecule has 0 saturated carbocycles. The molecule has 0 bridgehead atoms. The maximum Gasteiger partial charge on any atom is 0.326 e. The first-order chi connectivity index (χ1) is 26.6. The second-order valence-corrected chi connectivity index (χ2v) is 16.3. The number of nitrogens with one attached hydrogen (secondary N) is 5. The zero-order valence-electron chi connectivity index (χ0n) is 31.9. The number of rotatable bonds is 11. The fourth-order valence-corrected chi connectivity index (χ4v) is 8.27. The van der Waals surface area contributed by atoms with Crippen LogP contribution in [0.5, 0.6) is 5.75 Å². The number of amides is 7. The fraction of sp³-hybridized carbons (Fsp3) is 0.611. The van der Waals surface area contributed by atoms with Gasteiger partial charge in [-0.05, 0) is 50.3 Å². The summed E-state index contributed by atoms with van der Waals surface area (Å²) in [4.78, 5) is 107. The molecule has 8 atom stereocenters. The van der Waals surface area contributed by atoms with E-state index in [1.807, 2.05) is 6.92 Å². The molecule has 56 heavy (non-hydrogen) atoms. The summed E-state index contributed by atoms with van der Waals surface area (Å²) in [6.45, 7) is 7.12. The number of aliphatic carboxylic acids is 1. The van der Waals surface area contributed by atoms with E-state index in [0.29, 0.717) is 30.8 Å².